The van der Waals surface area contributed by atoms with Gasteiger partial charge in [-0.3, -0.25) is 0 Å². The van der Waals surface area contributed by atoms with Crippen molar-refractivity contribution in [2.24, 2.45) is 0 Å². The molecule has 19 heavy (non-hydrogen) atoms. The number of methoxy groups -OCH3 is 1. The Hall–Kier alpha value is -1.87. The van der Waals surface area contributed by atoms with Gasteiger partial charge in [-0.2, -0.15) is 0 Å². The van der Waals surface area contributed by atoms with E-state index in [1.54, 1.807) is 18.2 Å². The summed E-state index contributed by atoms with van der Waals surface area (Å²) in [6, 6.07) is 7.38. The van der Waals surface area contributed by atoms with Gasteiger partial charge in [-0.15, -0.1) is 6.58 Å². The molecule has 0 aromatic heterocycles. The summed E-state index contributed by atoms with van der Waals surface area (Å²) in [6.45, 7) is 3.73. The quantitative estimate of drug-likeness (QED) is 0.605. The van der Waals surface area contributed by atoms with E-state index in [4.69, 9.17) is 5.11 Å². The summed E-state index contributed by atoms with van der Waals surface area (Å²) in [5.74, 6) is -0.319. The third-order valence-corrected chi connectivity index (χ3v) is 2.85. The molecule has 3 heteroatoms. The van der Waals surface area contributed by atoms with E-state index in [-0.39, 0.29) is 12.6 Å². The highest BCUT2D eigenvalue weighted by molar-refractivity contribution is 5.89. The summed E-state index contributed by atoms with van der Waals surface area (Å²) in [4.78, 5) is 11.3. The molecule has 1 N–H and O–H groups in total. The highest BCUT2D eigenvalue weighted by Crippen LogP contribution is 2.10. The molecule has 1 aromatic rings. The molecule has 0 saturated carbocycles. The maximum Gasteiger partial charge on any atom is 0.337 e. The lowest BCUT2D eigenvalue weighted by molar-refractivity contribution is 0.0600. The molecule has 0 aliphatic heterocycles. The number of esters is 1. The first-order valence-electron chi connectivity index (χ1n) is 6.28. The Bertz CT molecular complexity index is 444. The van der Waals surface area contributed by atoms with Crippen LogP contribution >= 0.6 is 0 Å². The monoisotopic (exact) mass is 260 g/mol. The fourth-order valence-electron chi connectivity index (χ4n) is 1.77. The number of aliphatic hydroxyl groups is 1. The molecule has 0 unspecified atom stereocenters. The Balaban J connectivity index is 2.54. The van der Waals surface area contributed by atoms with E-state index in [0.717, 1.165) is 30.4 Å². The molecule has 0 amide bonds. The fourth-order valence-corrected chi connectivity index (χ4v) is 1.77. The van der Waals surface area contributed by atoms with Gasteiger partial charge in [0.25, 0.3) is 0 Å². The number of benzene rings is 1. The van der Waals surface area contributed by atoms with Gasteiger partial charge in [0, 0.05) is 0 Å². The molecule has 0 radical (unpaired) electrons. The lowest BCUT2D eigenvalue weighted by Crippen LogP contribution is -2.00. The van der Waals surface area contributed by atoms with Crippen molar-refractivity contribution in [1.29, 1.82) is 0 Å². The zero-order valence-corrected chi connectivity index (χ0v) is 11.3. The molecular weight excluding hydrogens is 240 g/mol. The van der Waals surface area contributed by atoms with Crippen LogP contribution in [0.1, 0.15) is 28.8 Å². The Morgan fingerprint density at radius 3 is 2.58 bits per heavy atom. The second kappa shape index (κ2) is 8.27. The van der Waals surface area contributed by atoms with Gasteiger partial charge in [-0.05, 0) is 42.5 Å². The summed E-state index contributed by atoms with van der Waals surface area (Å²) >= 11 is 0. The summed E-state index contributed by atoms with van der Waals surface area (Å²) in [5, 5.41) is 9.11. The maximum atomic E-state index is 11.3. The van der Waals surface area contributed by atoms with Crippen LogP contribution in [0.15, 0.2) is 48.6 Å². The molecule has 0 aliphatic carbocycles. The van der Waals surface area contributed by atoms with Gasteiger partial charge in [0.1, 0.15) is 0 Å². The summed E-state index contributed by atoms with van der Waals surface area (Å²) in [6.07, 6.45) is 6.28. The van der Waals surface area contributed by atoms with E-state index in [9.17, 15) is 4.79 Å². The minimum Gasteiger partial charge on any atom is -0.465 e. The number of hydrogen-bond donors (Lipinski definition) is 1. The van der Waals surface area contributed by atoms with Crippen molar-refractivity contribution in [1.82, 2.24) is 0 Å². The molecule has 0 spiro atoms. The highest BCUT2D eigenvalue weighted by Gasteiger charge is 2.03. The summed E-state index contributed by atoms with van der Waals surface area (Å²) in [7, 11) is 1.37. The first kappa shape index (κ1) is 15.2. The van der Waals surface area contributed by atoms with Crippen LogP contribution in [-0.2, 0) is 11.2 Å². The minimum atomic E-state index is -0.319. The van der Waals surface area contributed by atoms with Crippen molar-refractivity contribution in [3.05, 3.63) is 59.7 Å². The van der Waals surface area contributed by atoms with E-state index in [1.165, 1.54) is 7.11 Å². The molecule has 0 saturated heterocycles. The maximum absolute atomic E-state index is 11.3. The number of rotatable bonds is 7. The molecule has 0 aliphatic rings. The zero-order chi connectivity index (χ0) is 14.1. The Labute approximate surface area is 114 Å². The molecule has 1 aromatic carbocycles. The second-order valence-electron chi connectivity index (χ2n) is 4.24. The van der Waals surface area contributed by atoms with Crippen molar-refractivity contribution in [3.8, 4) is 0 Å². The van der Waals surface area contributed by atoms with Crippen LogP contribution in [-0.4, -0.2) is 24.8 Å². The number of carbonyl (C=O) groups is 1. The highest BCUT2D eigenvalue weighted by atomic mass is 16.5. The average molecular weight is 260 g/mol. The van der Waals surface area contributed by atoms with Gasteiger partial charge in [-0.25, -0.2) is 4.79 Å². The lowest BCUT2D eigenvalue weighted by Gasteiger charge is -2.03. The lowest BCUT2D eigenvalue weighted by atomic mass is 10.1. The predicted octanol–water partition coefficient (Wildman–Crippen LogP) is 2.90. The third kappa shape index (κ3) is 5.10. The number of hydrogen-bond acceptors (Lipinski definition) is 3. The Morgan fingerprint density at radius 1 is 1.37 bits per heavy atom. The second-order valence-corrected chi connectivity index (χ2v) is 4.24. The van der Waals surface area contributed by atoms with Gasteiger partial charge in [-0.1, -0.05) is 24.3 Å². The van der Waals surface area contributed by atoms with Crippen molar-refractivity contribution in [2.75, 3.05) is 13.7 Å². The van der Waals surface area contributed by atoms with Crippen LogP contribution in [0.4, 0.5) is 0 Å². The topological polar surface area (TPSA) is 46.5 Å². The van der Waals surface area contributed by atoms with Gasteiger partial charge in [0.15, 0.2) is 0 Å². The van der Waals surface area contributed by atoms with Gasteiger partial charge >= 0.3 is 5.97 Å². The summed E-state index contributed by atoms with van der Waals surface area (Å²) in [5.41, 5.74) is 2.70. The molecule has 0 atom stereocenters. The van der Waals surface area contributed by atoms with Crippen LogP contribution in [0.25, 0.3) is 0 Å². The van der Waals surface area contributed by atoms with E-state index < -0.39 is 0 Å². The first-order valence-corrected chi connectivity index (χ1v) is 6.28. The third-order valence-electron chi connectivity index (χ3n) is 2.85. The SMILES string of the molecule is C=CCC(=CCCc1ccc(C(=O)OC)cc1)CO. The molecule has 3 nitrogen and oxygen atoms in total. The van der Waals surface area contributed by atoms with Crippen LogP contribution in [0.2, 0.25) is 0 Å². The predicted molar refractivity (Wildman–Crippen MR) is 76.1 cm³/mol. The Morgan fingerprint density at radius 2 is 2.05 bits per heavy atom. The molecule has 1 rings (SSSR count). The van der Waals surface area contributed by atoms with Crippen LogP contribution in [0.5, 0.6) is 0 Å². The average Bonchev–Trinajstić information content (AvgIpc) is 2.46. The molecule has 0 bridgehead atoms. The fraction of sp³-hybridized carbons (Fsp3) is 0.312. The van der Waals surface area contributed by atoms with Crippen molar-refractivity contribution in [3.63, 3.8) is 0 Å². The number of allylic oxidation sites excluding steroid dienone is 2. The molecule has 0 fully saturated rings. The van der Waals surface area contributed by atoms with Crippen LogP contribution in [0, 0.1) is 0 Å². The largest absolute Gasteiger partial charge is 0.465 e. The smallest absolute Gasteiger partial charge is 0.337 e. The summed E-state index contributed by atoms with van der Waals surface area (Å²) < 4.78 is 4.64. The number of aliphatic hydroxyl groups excluding tert-OH is 1. The van der Waals surface area contributed by atoms with Gasteiger partial charge in [0.05, 0.1) is 19.3 Å². The van der Waals surface area contributed by atoms with E-state index in [1.807, 2.05) is 18.2 Å². The van der Waals surface area contributed by atoms with E-state index in [0.29, 0.717) is 5.56 Å². The number of aryl methyl sites for hydroxylation is 1. The number of ether oxygens (including phenoxy) is 1. The Kier molecular flexibility index (Phi) is 6.61. The van der Waals surface area contributed by atoms with Gasteiger partial charge in [0.2, 0.25) is 0 Å². The van der Waals surface area contributed by atoms with Gasteiger partial charge < -0.3 is 9.84 Å². The molecule has 0 heterocycles. The first-order chi connectivity index (χ1) is 9.21. The number of carbonyl (C=O) groups excluding carboxylic acids is 1. The van der Waals surface area contributed by atoms with Crippen LogP contribution in [0.3, 0.4) is 0 Å². The van der Waals surface area contributed by atoms with Crippen molar-refractivity contribution >= 4 is 5.97 Å². The van der Waals surface area contributed by atoms with E-state index in [2.05, 4.69) is 11.3 Å². The van der Waals surface area contributed by atoms with Crippen LogP contribution < -0.4 is 0 Å². The van der Waals surface area contributed by atoms with E-state index >= 15 is 0 Å². The standard InChI is InChI=1S/C16H20O3/c1-3-5-14(12-17)7-4-6-13-8-10-15(11-9-13)16(18)19-2/h3,7-11,17H,1,4-6,12H2,2H3. The molecular formula is C16H20O3. The zero-order valence-electron chi connectivity index (χ0n) is 11.3. The van der Waals surface area contributed by atoms with Crippen molar-refractivity contribution < 1.29 is 14.6 Å². The van der Waals surface area contributed by atoms with Crippen molar-refractivity contribution in [2.45, 2.75) is 19.3 Å². The normalized spacial score (nSPS) is 11.2. The minimum absolute atomic E-state index is 0.0767. The molecule has 102 valence electrons.